The summed E-state index contributed by atoms with van der Waals surface area (Å²) in [5, 5.41) is 2.39. The van der Waals surface area contributed by atoms with E-state index in [-0.39, 0.29) is 11.5 Å². The molecule has 3 rings (SSSR count). The molecule has 0 bridgehead atoms. The van der Waals surface area contributed by atoms with Gasteiger partial charge < -0.3 is 4.74 Å². The molecule has 1 heterocycles. The summed E-state index contributed by atoms with van der Waals surface area (Å²) in [6.45, 7) is 5.52. The number of thiazole rings is 1. The van der Waals surface area contributed by atoms with Crippen LogP contribution in [-0.4, -0.2) is 22.8 Å². The number of carbonyl (C=O) groups is 2. The second-order valence-corrected chi connectivity index (χ2v) is 6.97. The molecular weight excluding hydrogens is 346 g/mol. The van der Waals surface area contributed by atoms with Gasteiger partial charge in [-0.25, -0.2) is 9.78 Å². The highest BCUT2D eigenvalue weighted by molar-refractivity contribution is 7.13. The summed E-state index contributed by atoms with van der Waals surface area (Å²) >= 11 is 1.37. The molecule has 4 nitrogen and oxygen atoms in total. The number of ether oxygens (including phenoxy) is 1. The summed E-state index contributed by atoms with van der Waals surface area (Å²) in [5.41, 5.74) is 3.84. The van der Waals surface area contributed by atoms with Gasteiger partial charge in [0.25, 0.3) is 0 Å². The SMILES string of the molecule is Cc1ccc(C(=O)[C@@H](C)OC(=O)c2csc(-c3ccccc3)n2)cc1C. The Kier molecular flexibility index (Phi) is 5.28. The molecule has 0 aliphatic heterocycles. The molecule has 0 spiro atoms. The van der Waals surface area contributed by atoms with Crippen LogP contribution in [0.3, 0.4) is 0 Å². The van der Waals surface area contributed by atoms with Gasteiger partial charge in [0.05, 0.1) is 0 Å². The van der Waals surface area contributed by atoms with Crippen molar-refractivity contribution in [2.45, 2.75) is 26.9 Å². The van der Waals surface area contributed by atoms with E-state index in [1.165, 1.54) is 11.3 Å². The van der Waals surface area contributed by atoms with E-state index >= 15 is 0 Å². The predicted molar refractivity (Wildman–Crippen MR) is 103 cm³/mol. The van der Waals surface area contributed by atoms with E-state index < -0.39 is 12.1 Å². The summed E-state index contributed by atoms with van der Waals surface area (Å²) in [6, 6.07) is 15.1. The number of rotatable bonds is 5. The fourth-order valence-electron chi connectivity index (χ4n) is 2.48. The number of hydrogen-bond acceptors (Lipinski definition) is 5. The zero-order chi connectivity index (χ0) is 18.7. The molecular formula is C21H19NO3S. The lowest BCUT2D eigenvalue weighted by molar-refractivity contribution is 0.0314. The first kappa shape index (κ1) is 18.0. The molecule has 5 heteroatoms. The molecule has 0 fully saturated rings. The average Bonchev–Trinajstić information content (AvgIpc) is 3.14. The molecule has 1 atom stereocenters. The van der Waals surface area contributed by atoms with Crippen LogP contribution in [0.5, 0.6) is 0 Å². The van der Waals surface area contributed by atoms with Gasteiger partial charge in [-0.3, -0.25) is 4.79 Å². The zero-order valence-electron chi connectivity index (χ0n) is 14.9. The van der Waals surface area contributed by atoms with Crippen molar-refractivity contribution in [3.8, 4) is 10.6 Å². The van der Waals surface area contributed by atoms with Crippen molar-refractivity contribution in [2.24, 2.45) is 0 Å². The molecule has 0 aliphatic carbocycles. The Hall–Kier alpha value is -2.79. The van der Waals surface area contributed by atoms with Crippen LogP contribution < -0.4 is 0 Å². The summed E-state index contributed by atoms with van der Waals surface area (Å²) < 4.78 is 5.33. The largest absolute Gasteiger partial charge is 0.450 e. The molecule has 0 unspecified atom stereocenters. The first-order valence-corrected chi connectivity index (χ1v) is 9.17. The minimum atomic E-state index is -0.869. The van der Waals surface area contributed by atoms with E-state index in [0.717, 1.165) is 21.7 Å². The number of carbonyl (C=O) groups excluding carboxylic acids is 2. The van der Waals surface area contributed by atoms with E-state index in [9.17, 15) is 9.59 Å². The molecule has 3 aromatic rings. The van der Waals surface area contributed by atoms with Gasteiger partial charge in [-0.1, -0.05) is 42.5 Å². The van der Waals surface area contributed by atoms with Gasteiger partial charge >= 0.3 is 5.97 Å². The van der Waals surface area contributed by atoms with Crippen molar-refractivity contribution in [1.82, 2.24) is 4.98 Å². The highest BCUT2D eigenvalue weighted by Crippen LogP contribution is 2.24. The maximum Gasteiger partial charge on any atom is 0.358 e. The first-order valence-electron chi connectivity index (χ1n) is 8.29. The maximum atomic E-state index is 12.5. The van der Waals surface area contributed by atoms with E-state index in [0.29, 0.717) is 5.56 Å². The Morgan fingerprint density at radius 3 is 2.46 bits per heavy atom. The van der Waals surface area contributed by atoms with Gasteiger partial charge in [0.15, 0.2) is 11.8 Å². The number of ketones is 1. The fraction of sp³-hybridized carbons (Fsp3) is 0.190. The van der Waals surface area contributed by atoms with Crippen LogP contribution in [0.15, 0.2) is 53.9 Å². The lowest BCUT2D eigenvalue weighted by Gasteiger charge is -2.12. The number of aryl methyl sites for hydroxylation is 2. The summed E-state index contributed by atoms with van der Waals surface area (Å²) in [6.07, 6.45) is -0.869. The normalized spacial score (nSPS) is 11.8. The number of benzene rings is 2. The molecule has 2 aromatic carbocycles. The molecule has 0 aliphatic rings. The second-order valence-electron chi connectivity index (χ2n) is 6.11. The molecule has 0 saturated heterocycles. The average molecular weight is 365 g/mol. The molecule has 1 aromatic heterocycles. The molecule has 0 N–H and O–H groups in total. The van der Waals surface area contributed by atoms with E-state index in [1.54, 1.807) is 18.4 Å². The highest BCUT2D eigenvalue weighted by Gasteiger charge is 2.22. The van der Waals surface area contributed by atoms with E-state index in [1.807, 2.05) is 56.3 Å². The van der Waals surface area contributed by atoms with Crippen molar-refractivity contribution in [1.29, 1.82) is 0 Å². The van der Waals surface area contributed by atoms with Crippen LogP contribution >= 0.6 is 11.3 Å². The Morgan fingerprint density at radius 1 is 1.04 bits per heavy atom. The summed E-state index contributed by atoms with van der Waals surface area (Å²) in [4.78, 5) is 29.2. The maximum absolute atomic E-state index is 12.5. The second kappa shape index (κ2) is 7.62. The van der Waals surface area contributed by atoms with Crippen molar-refractivity contribution < 1.29 is 14.3 Å². The van der Waals surface area contributed by atoms with Crippen LogP contribution in [0.2, 0.25) is 0 Å². The lowest BCUT2D eigenvalue weighted by atomic mass is 10.0. The Balaban J connectivity index is 1.70. The molecule has 0 radical (unpaired) electrons. The zero-order valence-corrected chi connectivity index (χ0v) is 15.7. The van der Waals surface area contributed by atoms with Gasteiger partial charge in [0, 0.05) is 16.5 Å². The molecule has 26 heavy (non-hydrogen) atoms. The fourth-order valence-corrected chi connectivity index (χ4v) is 3.28. The number of hydrogen-bond donors (Lipinski definition) is 0. The first-order chi connectivity index (χ1) is 12.5. The molecule has 132 valence electrons. The number of esters is 1. The third-order valence-corrected chi connectivity index (χ3v) is 5.07. The van der Waals surface area contributed by atoms with E-state index in [4.69, 9.17) is 4.74 Å². The van der Waals surface area contributed by atoms with Crippen LogP contribution in [0, 0.1) is 13.8 Å². The topological polar surface area (TPSA) is 56.3 Å². The van der Waals surface area contributed by atoms with Gasteiger partial charge in [0.1, 0.15) is 5.01 Å². The van der Waals surface area contributed by atoms with Gasteiger partial charge in [-0.2, -0.15) is 0 Å². The van der Waals surface area contributed by atoms with Gasteiger partial charge in [-0.15, -0.1) is 11.3 Å². The third kappa shape index (κ3) is 3.89. The predicted octanol–water partition coefficient (Wildman–Crippen LogP) is 4.86. The third-order valence-electron chi connectivity index (χ3n) is 4.18. The minimum absolute atomic E-state index is 0.216. The van der Waals surface area contributed by atoms with Crippen LogP contribution in [0.25, 0.3) is 10.6 Å². The number of Topliss-reactive ketones (excluding diaryl/α,β-unsaturated/α-hetero) is 1. The van der Waals surface area contributed by atoms with Crippen LogP contribution in [-0.2, 0) is 4.74 Å². The van der Waals surface area contributed by atoms with E-state index in [2.05, 4.69) is 4.98 Å². The molecule has 0 amide bonds. The highest BCUT2D eigenvalue weighted by atomic mass is 32.1. The number of aromatic nitrogens is 1. The Bertz CT molecular complexity index is 947. The summed E-state index contributed by atoms with van der Waals surface area (Å²) in [7, 11) is 0. The van der Waals surface area contributed by atoms with Crippen LogP contribution in [0.4, 0.5) is 0 Å². The minimum Gasteiger partial charge on any atom is -0.450 e. The van der Waals surface area contributed by atoms with Crippen molar-refractivity contribution in [3.05, 3.63) is 76.3 Å². The molecule has 0 saturated carbocycles. The quantitative estimate of drug-likeness (QED) is 0.479. The smallest absolute Gasteiger partial charge is 0.358 e. The van der Waals surface area contributed by atoms with Crippen molar-refractivity contribution >= 4 is 23.1 Å². The Labute approximate surface area is 156 Å². The Morgan fingerprint density at radius 2 is 1.77 bits per heavy atom. The van der Waals surface area contributed by atoms with Crippen LogP contribution in [0.1, 0.15) is 38.9 Å². The van der Waals surface area contributed by atoms with Gasteiger partial charge in [-0.05, 0) is 38.0 Å². The summed E-state index contributed by atoms with van der Waals surface area (Å²) in [5.74, 6) is -0.812. The van der Waals surface area contributed by atoms with Crippen molar-refractivity contribution in [2.75, 3.05) is 0 Å². The number of nitrogens with zero attached hydrogens (tertiary/aromatic N) is 1. The lowest BCUT2D eigenvalue weighted by Crippen LogP contribution is -2.24. The monoisotopic (exact) mass is 365 g/mol. The van der Waals surface area contributed by atoms with Crippen molar-refractivity contribution in [3.63, 3.8) is 0 Å². The standard InChI is InChI=1S/C21H19NO3S/c1-13-9-10-17(11-14(13)2)19(23)15(3)25-21(24)18-12-26-20(22-18)16-7-5-4-6-8-16/h4-12,15H,1-3H3/t15-/m1/s1. The van der Waals surface area contributed by atoms with Gasteiger partial charge in [0.2, 0.25) is 5.78 Å².